The van der Waals surface area contributed by atoms with E-state index in [2.05, 4.69) is 5.32 Å². The van der Waals surface area contributed by atoms with Crippen LogP contribution in [0.4, 0.5) is 8.78 Å². The molecule has 1 aliphatic carbocycles. The minimum Gasteiger partial charge on any atom is -0.467 e. The van der Waals surface area contributed by atoms with Gasteiger partial charge in [0.25, 0.3) is 0 Å². The Hall–Kier alpha value is -2.21. The molecule has 3 rings (SSSR count). The van der Waals surface area contributed by atoms with Crippen molar-refractivity contribution in [3.63, 3.8) is 0 Å². The first-order valence-electron chi connectivity index (χ1n) is 7.00. The highest BCUT2D eigenvalue weighted by Crippen LogP contribution is 2.48. The van der Waals surface area contributed by atoms with E-state index in [1.54, 1.807) is 12.1 Å². The number of hydrogen-bond acceptors (Lipinski definition) is 3. The lowest BCUT2D eigenvalue weighted by atomic mass is 10.1. The van der Waals surface area contributed by atoms with E-state index in [4.69, 9.17) is 4.42 Å². The molecule has 3 atom stereocenters. The van der Waals surface area contributed by atoms with Crippen molar-refractivity contribution in [2.24, 2.45) is 5.92 Å². The van der Waals surface area contributed by atoms with Gasteiger partial charge in [0.15, 0.2) is 0 Å². The summed E-state index contributed by atoms with van der Waals surface area (Å²) in [4.78, 5) is 12.0. The van der Waals surface area contributed by atoms with E-state index in [1.165, 1.54) is 6.26 Å². The fourth-order valence-corrected chi connectivity index (χ4v) is 2.54. The first-order valence-corrected chi connectivity index (χ1v) is 7.00. The van der Waals surface area contributed by atoms with Gasteiger partial charge in [0.1, 0.15) is 23.5 Å². The molecule has 1 aromatic heterocycles. The standard InChI is InChI=1S/C16H15F2NO3/c17-9-3-4-13(18)11(6-9)10-7-12(10)16(21)19-8-14(20)15-2-1-5-22-15/h1-6,10,12,14,20H,7-8H2,(H,19,21). The summed E-state index contributed by atoms with van der Waals surface area (Å²) < 4.78 is 31.8. The maximum absolute atomic E-state index is 13.6. The number of aliphatic hydroxyl groups is 1. The lowest BCUT2D eigenvalue weighted by Gasteiger charge is -2.09. The third-order valence-electron chi connectivity index (χ3n) is 3.83. The molecule has 6 heteroatoms. The Kier molecular flexibility index (Phi) is 3.94. The van der Waals surface area contributed by atoms with E-state index >= 15 is 0 Å². The molecule has 1 aromatic carbocycles. The van der Waals surface area contributed by atoms with E-state index in [0.29, 0.717) is 12.2 Å². The second-order valence-electron chi connectivity index (χ2n) is 5.39. The maximum Gasteiger partial charge on any atom is 0.223 e. The summed E-state index contributed by atoms with van der Waals surface area (Å²) in [5, 5.41) is 12.4. The third kappa shape index (κ3) is 3.01. The minimum atomic E-state index is -0.929. The number of hydrogen-bond donors (Lipinski definition) is 2. The van der Waals surface area contributed by atoms with E-state index in [1.807, 2.05) is 0 Å². The summed E-state index contributed by atoms with van der Waals surface area (Å²) in [7, 11) is 0. The predicted molar refractivity (Wildman–Crippen MR) is 73.9 cm³/mol. The van der Waals surface area contributed by atoms with Crippen LogP contribution in [0.3, 0.4) is 0 Å². The highest BCUT2D eigenvalue weighted by Gasteiger charge is 2.45. The fraction of sp³-hybridized carbons (Fsp3) is 0.312. The average Bonchev–Trinajstić information content (AvgIpc) is 3.10. The molecule has 116 valence electrons. The van der Waals surface area contributed by atoms with Crippen molar-refractivity contribution >= 4 is 5.91 Å². The molecule has 22 heavy (non-hydrogen) atoms. The van der Waals surface area contributed by atoms with Crippen molar-refractivity contribution in [2.45, 2.75) is 18.4 Å². The van der Waals surface area contributed by atoms with Gasteiger partial charge in [-0.2, -0.15) is 0 Å². The van der Waals surface area contributed by atoms with Crippen LogP contribution in [0, 0.1) is 17.6 Å². The maximum atomic E-state index is 13.6. The number of carbonyl (C=O) groups is 1. The Labute approximate surface area is 125 Å². The molecule has 1 saturated carbocycles. The van der Waals surface area contributed by atoms with Crippen LogP contribution >= 0.6 is 0 Å². The molecule has 2 aromatic rings. The van der Waals surface area contributed by atoms with E-state index < -0.39 is 17.7 Å². The molecule has 0 radical (unpaired) electrons. The second kappa shape index (κ2) is 5.88. The van der Waals surface area contributed by atoms with Gasteiger partial charge in [-0.25, -0.2) is 8.78 Å². The predicted octanol–water partition coefficient (Wildman–Crippen LogP) is 2.51. The van der Waals surface area contributed by atoms with Crippen LogP contribution in [-0.4, -0.2) is 17.6 Å². The topological polar surface area (TPSA) is 62.5 Å². The van der Waals surface area contributed by atoms with Crippen molar-refractivity contribution in [1.82, 2.24) is 5.32 Å². The van der Waals surface area contributed by atoms with E-state index in [0.717, 1.165) is 18.2 Å². The van der Waals surface area contributed by atoms with E-state index in [9.17, 15) is 18.7 Å². The number of carbonyl (C=O) groups excluding carboxylic acids is 1. The number of halogens is 2. The van der Waals surface area contributed by atoms with Gasteiger partial charge >= 0.3 is 0 Å². The molecule has 0 spiro atoms. The van der Waals surface area contributed by atoms with Crippen LogP contribution in [0.1, 0.15) is 29.8 Å². The Morgan fingerprint density at radius 3 is 2.95 bits per heavy atom. The SMILES string of the molecule is O=C(NCC(O)c1ccco1)C1CC1c1cc(F)ccc1F. The van der Waals surface area contributed by atoms with Crippen molar-refractivity contribution in [2.75, 3.05) is 6.54 Å². The third-order valence-corrected chi connectivity index (χ3v) is 3.83. The molecular weight excluding hydrogens is 292 g/mol. The van der Waals surface area contributed by atoms with Gasteiger partial charge in [-0.1, -0.05) is 0 Å². The number of amides is 1. The summed E-state index contributed by atoms with van der Waals surface area (Å²) >= 11 is 0. The van der Waals surface area contributed by atoms with Gasteiger partial charge < -0.3 is 14.8 Å². The fourth-order valence-electron chi connectivity index (χ4n) is 2.54. The molecule has 4 nitrogen and oxygen atoms in total. The van der Waals surface area contributed by atoms with Gasteiger partial charge in [0.05, 0.1) is 12.8 Å². The van der Waals surface area contributed by atoms with Gasteiger partial charge in [-0.05, 0) is 48.2 Å². The van der Waals surface area contributed by atoms with Crippen LogP contribution in [0.15, 0.2) is 41.0 Å². The molecule has 0 aliphatic heterocycles. The average molecular weight is 307 g/mol. The lowest BCUT2D eigenvalue weighted by molar-refractivity contribution is -0.122. The Morgan fingerprint density at radius 1 is 1.41 bits per heavy atom. The molecule has 1 aliphatic rings. The molecule has 2 N–H and O–H groups in total. The molecule has 0 bridgehead atoms. The van der Waals surface area contributed by atoms with Gasteiger partial charge in [-0.3, -0.25) is 4.79 Å². The summed E-state index contributed by atoms with van der Waals surface area (Å²) in [6.07, 6.45) is 0.981. The molecular formula is C16H15F2NO3. The molecule has 3 unspecified atom stereocenters. The van der Waals surface area contributed by atoms with Crippen molar-refractivity contribution in [3.05, 3.63) is 59.6 Å². The molecule has 0 saturated heterocycles. The zero-order chi connectivity index (χ0) is 15.7. The number of furan rings is 1. The lowest BCUT2D eigenvalue weighted by Crippen LogP contribution is -2.29. The van der Waals surface area contributed by atoms with Crippen molar-refractivity contribution in [3.8, 4) is 0 Å². The summed E-state index contributed by atoms with van der Waals surface area (Å²) in [6.45, 7) is 0.0151. The van der Waals surface area contributed by atoms with Crippen LogP contribution in [0.25, 0.3) is 0 Å². The summed E-state index contributed by atoms with van der Waals surface area (Å²) in [5.41, 5.74) is 0.228. The number of nitrogens with one attached hydrogen (secondary N) is 1. The van der Waals surface area contributed by atoms with Crippen LogP contribution in [0.5, 0.6) is 0 Å². The van der Waals surface area contributed by atoms with E-state index in [-0.39, 0.29) is 29.9 Å². The number of rotatable bonds is 5. The summed E-state index contributed by atoms with van der Waals surface area (Å²) in [5.74, 6) is -1.63. The van der Waals surface area contributed by atoms with Crippen LogP contribution < -0.4 is 5.32 Å². The quantitative estimate of drug-likeness (QED) is 0.892. The van der Waals surface area contributed by atoms with Crippen LogP contribution in [-0.2, 0) is 4.79 Å². The Balaban J connectivity index is 1.55. The molecule has 1 fully saturated rings. The number of aliphatic hydroxyl groups excluding tert-OH is 1. The largest absolute Gasteiger partial charge is 0.467 e. The smallest absolute Gasteiger partial charge is 0.223 e. The summed E-state index contributed by atoms with van der Waals surface area (Å²) in [6, 6.07) is 6.50. The van der Waals surface area contributed by atoms with Gasteiger partial charge in [0, 0.05) is 5.92 Å². The van der Waals surface area contributed by atoms with Crippen LogP contribution in [0.2, 0.25) is 0 Å². The van der Waals surface area contributed by atoms with Gasteiger partial charge in [-0.15, -0.1) is 0 Å². The van der Waals surface area contributed by atoms with Crippen molar-refractivity contribution in [1.29, 1.82) is 0 Å². The zero-order valence-electron chi connectivity index (χ0n) is 11.6. The molecule has 1 heterocycles. The van der Waals surface area contributed by atoms with Crippen molar-refractivity contribution < 1.29 is 23.1 Å². The monoisotopic (exact) mass is 307 g/mol. The highest BCUT2D eigenvalue weighted by molar-refractivity contribution is 5.82. The van der Waals surface area contributed by atoms with Gasteiger partial charge in [0.2, 0.25) is 5.91 Å². The highest BCUT2D eigenvalue weighted by atomic mass is 19.1. The Bertz CT molecular complexity index is 672. The first-order chi connectivity index (χ1) is 10.6. The minimum absolute atomic E-state index is 0.0151. The normalized spacial score (nSPS) is 21.4. The second-order valence-corrected chi connectivity index (χ2v) is 5.39. The number of benzene rings is 1. The zero-order valence-corrected chi connectivity index (χ0v) is 11.6. The molecule has 1 amide bonds. The first kappa shape index (κ1) is 14.7. The Morgan fingerprint density at radius 2 is 2.23 bits per heavy atom.